The van der Waals surface area contributed by atoms with Crippen molar-refractivity contribution in [2.45, 2.75) is 33.2 Å². The summed E-state index contributed by atoms with van der Waals surface area (Å²) in [6.07, 6.45) is 1.05. The number of hydrogen-bond donors (Lipinski definition) is 1. The van der Waals surface area contributed by atoms with Crippen LogP contribution in [0.2, 0.25) is 0 Å². The van der Waals surface area contributed by atoms with Crippen LogP contribution in [-0.4, -0.2) is 49.7 Å². The average molecular weight is 395 g/mol. The fraction of sp³-hybridized carbons (Fsp3) is 0.458. The number of ether oxygens (including phenoxy) is 1. The van der Waals surface area contributed by atoms with Gasteiger partial charge in [0.2, 0.25) is 0 Å². The van der Waals surface area contributed by atoms with Crippen LogP contribution in [0.4, 0.5) is 0 Å². The second-order valence-electron chi connectivity index (χ2n) is 8.36. The van der Waals surface area contributed by atoms with Gasteiger partial charge in [0, 0.05) is 42.0 Å². The van der Waals surface area contributed by atoms with E-state index in [-0.39, 0.29) is 5.91 Å². The van der Waals surface area contributed by atoms with Crippen molar-refractivity contribution in [3.05, 3.63) is 47.7 Å². The molecule has 154 valence electrons. The Balaban J connectivity index is 1.54. The van der Waals surface area contributed by atoms with Crippen LogP contribution in [0.25, 0.3) is 21.7 Å². The number of nitrogens with one attached hydrogen (secondary N) is 1. The molecule has 1 aliphatic rings. The number of rotatable bonds is 6. The first-order chi connectivity index (χ1) is 14.0. The van der Waals surface area contributed by atoms with E-state index in [0.717, 1.165) is 60.0 Å². The minimum absolute atomic E-state index is 0.134. The monoisotopic (exact) mass is 394 g/mol. The lowest BCUT2D eigenvalue weighted by atomic mass is 10.0. The number of morpholine rings is 1. The normalized spacial score (nSPS) is 16.6. The number of carbonyl (C=O) groups excluding carboxylic acids is 1. The number of furan rings is 1. The lowest BCUT2D eigenvalue weighted by Gasteiger charge is -2.35. The molecule has 5 heteroatoms. The first-order valence-corrected chi connectivity index (χ1v) is 10.6. The summed E-state index contributed by atoms with van der Waals surface area (Å²) in [5.74, 6) is 0.852. The second kappa shape index (κ2) is 8.56. The molecule has 1 unspecified atom stereocenters. The summed E-state index contributed by atoms with van der Waals surface area (Å²) < 4.78 is 11.6. The van der Waals surface area contributed by atoms with Crippen molar-refractivity contribution in [2.75, 3.05) is 32.8 Å². The van der Waals surface area contributed by atoms with E-state index in [9.17, 15) is 4.79 Å². The van der Waals surface area contributed by atoms with Crippen molar-refractivity contribution >= 4 is 27.6 Å². The molecular weight excluding hydrogens is 364 g/mol. The van der Waals surface area contributed by atoms with E-state index in [4.69, 9.17) is 9.15 Å². The standard InChI is InChI=1S/C24H30N2O3/c1-16(2)14-19(26-10-12-28-13-11-26)15-25-24(27)22-17(3)20-9-8-18-6-4-5-7-21(18)23(20)29-22/h4-9,16,19H,10-15H2,1-3H3,(H,25,27). The van der Waals surface area contributed by atoms with Gasteiger partial charge in [-0.05, 0) is 24.6 Å². The van der Waals surface area contributed by atoms with Crippen molar-refractivity contribution in [1.82, 2.24) is 10.2 Å². The quantitative estimate of drug-likeness (QED) is 0.674. The molecule has 1 aliphatic heterocycles. The third-order valence-corrected chi connectivity index (χ3v) is 5.84. The molecule has 1 N–H and O–H groups in total. The predicted octanol–water partition coefficient (Wildman–Crippen LogP) is 4.37. The zero-order chi connectivity index (χ0) is 20.4. The van der Waals surface area contributed by atoms with Crippen molar-refractivity contribution in [1.29, 1.82) is 0 Å². The Labute approximate surface area is 172 Å². The molecule has 0 aliphatic carbocycles. The summed E-state index contributed by atoms with van der Waals surface area (Å²) in [5.41, 5.74) is 1.69. The number of fused-ring (bicyclic) bond motifs is 3. The Morgan fingerprint density at radius 3 is 2.62 bits per heavy atom. The van der Waals surface area contributed by atoms with Crippen molar-refractivity contribution < 1.29 is 13.9 Å². The van der Waals surface area contributed by atoms with Crippen LogP contribution >= 0.6 is 0 Å². The van der Waals surface area contributed by atoms with Crippen LogP contribution in [0.1, 0.15) is 36.4 Å². The number of hydrogen-bond acceptors (Lipinski definition) is 4. The maximum Gasteiger partial charge on any atom is 0.287 e. The largest absolute Gasteiger partial charge is 0.450 e. The third-order valence-electron chi connectivity index (χ3n) is 5.84. The molecule has 29 heavy (non-hydrogen) atoms. The van der Waals surface area contributed by atoms with Crippen LogP contribution in [-0.2, 0) is 4.74 Å². The molecule has 1 atom stereocenters. The Kier molecular flexibility index (Phi) is 5.88. The summed E-state index contributed by atoms with van der Waals surface area (Å²) in [7, 11) is 0. The van der Waals surface area contributed by atoms with Gasteiger partial charge in [0.05, 0.1) is 13.2 Å². The zero-order valence-electron chi connectivity index (χ0n) is 17.5. The highest BCUT2D eigenvalue weighted by Crippen LogP contribution is 2.31. The molecule has 0 bridgehead atoms. The minimum Gasteiger partial charge on any atom is -0.450 e. The van der Waals surface area contributed by atoms with E-state index in [1.807, 2.05) is 31.2 Å². The second-order valence-corrected chi connectivity index (χ2v) is 8.36. The molecule has 1 fully saturated rings. The third kappa shape index (κ3) is 4.16. The van der Waals surface area contributed by atoms with Crippen molar-refractivity contribution in [2.24, 2.45) is 5.92 Å². The highest BCUT2D eigenvalue weighted by atomic mass is 16.5. The van der Waals surface area contributed by atoms with E-state index < -0.39 is 0 Å². The van der Waals surface area contributed by atoms with Gasteiger partial charge in [0.15, 0.2) is 5.76 Å². The van der Waals surface area contributed by atoms with E-state index in [1.165, 1.54) is 0 Å². The summed E-state index contributed by atoms with van der Waals surface area (Å²) in [6, 6.07) is 12.6. The molecule has 3 aromatic rings. The van der Waals surface area contributed by atoms with Gasteiger partial charge in [-0.15, -0.1) is 0 Å². The topological polar surface area (TPSA) is 54.7 Å². The van der Waals surface area contributed by atoms with Gasteiger partial charge in [-0.3, -0.25) is 9.69 Å². The molecule has 0 spiro atoms. The SMILES string of the molecule is Cc1c(C(=O)NCC(CC(C)C)N2CCOCC2)oc2c1ccc1ccccc12. The van der Waals surface area contributed by atoms with Gasteiger partial charge in [0.25, 0.3) is 5.91 Å². The zero-order valence-corrected chi connectivity index (χ0v) is 17.5. The number of carbonyl (C=O) groups is 1. The molecule has 0 saturated carbocycles. The fourth-order valence-corrected chi connectivity index (χ4v) is 4.30. The van der Waals surface area contributed by atoms with E-state index in [1.54, 1.807) is 0 Å². The maximum absolute atomic E-state index is 13.0. The molecular formula is C24H30N2O3. The molecule has 1 amide bonds. The number of nitrogens with zero attached hydrogens (tertiary/aromatic N) is 1. The Hall–Kier alpha value is -2.37. The lowest BCUT2D eigenvalue weighted by Crippen LogP contribution is -2.49. The highest BCUT2D eigenvalue weighted by molar-refractivity contribution is 6.08. The molecule has 1 saturated heterocycles. The molecule has 2 aromatic carbocycles. The molecule has 2 heterocycles. The van der Waals surface area contributed by atoms with Crippen LogP contribution in [0.15, 0.2) is 40.8 Å². The average Bonchev–Trinajstić information content (AvgIpc) is 3.08. The molecule has 4 rings (SSSR count). The molecule has 0 radical (unpaired) electrons. The Morgan fingerprint density at radius 2 is 1.86 bits per heavy atom. The fourth-order valence-electron chi connectivity index (χ4n) is 4.30. The first-order valence-electron chi connectivity index (χ1n) is 10.6. The molecule has 1 aromatic heterocycles. The minimum atomic E-state index is -0.134. The maximum atomic E-state index is 13.0. The summed E-state index contributed by atoms with van der Waals surface area (Å²) in [4.78, 5) is 15.4. The van der Waals surface area contributed by atoms with Crippen LogP contribution in [0, 0.1) is 12.8 Å². The van der Waals surface area contributed by atoms with Gasteiger partial charge < -0.3 is 14.5 Å². The van der Waals surface area contributed by atoms with E-state index >= 15 is 0 Å². The smallest absolute Gasteiger partial charge is 0.287 e. The van der Waals surface area contributed by atoms with Crippen LogP contribution < -0.4 is 5.32 Å². The Morgan fingerprint density at radius 1 is 1.10 bits per heavy atom. The Bertz CT molecular complexity index is 1000. The van der Waals surface area contributed by atoms with Crippen molar-refractivity contribution in [3.63, 3.8) is 0 Å². The summed E-state index contributed by atoms with van der Waals surface area (Å²) >= 11 is 0. The predicted molar refractivity (Wildman–Crippen MR) is 116 cm³/mol. The van der Waals surface area contributed by atoms with Crippen LogP contribution in [0.3, 0.4) is 0 Å². The first kappa shape index (κ1) is 19.9. The lowest BCUT2D eigenvalue weighted by molar-refractivity contribution is 0.0124. The van der Waals surface area contributed by atoms with Gasteiger partial charge in [-0.1, -0.05) is 50.2 Å². The number of aryl methyl sites for hydroxylation is 1. The van der Waals surface area contributed by atoms with Gasteiger partial charge in [-0.2, -0.15) is 0 Å². The van der Waals surface area contributed by atoms with E-state index in [2.05, 4.69) is 36.2 Å². The van der Waals surface area contributed by atoms with Gasteiger partial charge >= 0.3 is 0 Å². The van der Waals surface area contributed by atoms with Gasteiger partial charge in [0.1, 0.15) is 5.58 Å². The molecule has 5 nitrogen and oxygen atoms in total. The summed E-state index contributed by atoms with van der Waals surface area (Å²) in [6.45, 7) is 10.4. The van der Waals surface area contributed by atoms with Crippen molar-refractivity contribution in [3.8, 4) is 0 Å². The number of amides is 1. The van der Waals surface area contributed by atoms with Crippen LogP contribution in [0.5, 0.6) is 0 Å². The van der Waals surface area contributed by atoms with Gasteiger partial charge in [-0.25, -0.2) is 0 Å². The number of benzene rings is 2. The highest BCUT2D eigenvalue weighted by Gasteiger charge is 2.24. The summed E-state index contributed by atoms with van der Waals surface area (Å²) in [5, 5.41) is 6.29. The van der Waals surface area contributed by atoms with E-state index in [0.29, 0.717) is 24.3 Å².